The van der Waals surface area contributed by atoms with E-state index in [-0.39, 0.29) is 31.1 Å². The summed E-state index contributed by atoms with van der Waals surface area (Å²) >= 11 is 3.14. The Morgan fingerprint density at radius 3 is 2.80 bits per heavy atom. The molecule has 20 heavy (non-hydrogen) atoms. The van der Waals surface area contributed by atoms with Crippen LogP contribution in [-0.2, 0) is 9.53 Å². The van der Waals surface area contributed by atoms with Crippen LogP contribution in [0.5, 0.6) is 5.75 Å². The second kappa shape index (κ2) is 7.81. The van der Waals surface area contributed by atoms with E-state index in [4.69, 9.17) is 14.6 Å². The number of nitro groups is 1. The maximum Gasteiger partial charge on any atom is 0.332 e. The van der Waals surface area contributed by atoms with E-state index in [1.807, 2.05) is 0 Å². The van der Waals surface area contributed by atoms with Gasteiger partial charge in [0.2, 0.25) is 0 Å². The lowest BCUT2D eigenvalue weighted by molar-refractivity contribution is -0.386. The van der Waals surface area contributed by atoms with Crippen molar-refractivity contribution in [3.8, 4) is 5.75 Å². The first-order chi connectivity index (χ1) is 9.45. The van der Waals surface area contributed by atoms with Crippen molar-refractivity contribution in [2.75, 3.05) is 13.2 Å². The minimum Gasteiger partial charge on any atom is -0.487 e. The molecule has 1 aromatic rings. The zero-order chi connectivity index (χ0) is 15.1. The molecule has 0 bridgehead atoms. The van der Waals surface area contributed by atoms with Crippen LogP contribution in [0, 0.1) is 10.1 Å². The Bertz CT molecular complexity index is 493. The van der Waals surface area contributed by atoms with E-state index in [0.717, 1.165) is 0 Å². The van der Waals surface area contributed by atoms with Gasteiger partial charge in [-0.05, 0) is 19.1 Å². The third-order valence-electron chi connectivity index (χ3n) is 2.40. The molecule has 0 aliphatic carbocycles. The lowest BCUT2D eigenvalue weighted by Crippen LogP contribution is -2.26. The number of rotatable bonds is 8. The van der Waals surface area contributed by atoms with Gasteiger partial charge in [-0.2, -0.15) is 0 Å². The number of nitro benzene ring substituents is 1. The molecule has 0 fully saturated rings. The Balaban J connectivity index is 2.66. The molecule has 0 spiro atoms. The van der Waals surface area contributed by atoms with E-state index >= 15 is 0 Å². The Morgan fingerprint density at radius 1 is 1.55 bits per heavy atom. The van der Waals surface area contributed by atoms with Gasteiger partial charge in [-0.25, -0.2) is 4.79 Å². The van der Waals surface area contributed by atoms with Gasteiger partial charge in [0.05, 0.1) is 11.5 Å². The third kappa shape index (κ3) is 4.78. The number of carboxylic acid groups (broad SMARTS) is 1. The summed E-state index contributed by atoms with van der Waals surface area (Å²) in [6.07, 6.45) is -0.870. The number of benzene rings is 1. The largest absolute Gasteiger partial charge is 0.487 e. The van der Waals surface area contributed by atoms with Crippen LogP contribution in [0.4, 0.5) is 5.69 Å². The van der Waals surface area contributed by atoms with Crippen LogP contribution >= 0.6 is 15.9 Å². The van der Waals surface area contributed by atoms with E-state index in [1.54, 1.807) is 13.0 Å². The average Bonchev–Trinajstić information content (AvgIpc) is 2.38. The second-order valence-electron chi connectivity index (χ2n) is 3.79. The highest BCUT2D eigenvalue weighted by atomic mass is 79.9. The van der Waals surface area contributed by atoms with Gasteiger partial charge in [-0.15, -0.1) is 0 Å². The molecule has 0 radical (unpaired) electrons. The molecule has 0 amide bonds. The van der Waals surface area contributed by atoms with Gasteiger partial charge >= 0.3 is 11.7 Å². The van der Waals surface area contributed by atoms with Gasteiger partial charge in [0.15, 0.2) is 11.9 Å². The fourth-order valence-corrected chi connectivity index (χ4v) is 1.86. The summed E-state index contributed by atoms with van der Waals surface area (Å²) in [5, 5.41) is 19.8. The number of nitrogens with zero attached hydrogens (tertiary/aromatic N) is 1. The molecule has 0 saturated heterocycles. The van der Waals surface area contributed by atoms with Crippen molar-refractivity contribution in [2.24, 2.45) is 0 Å². The molecule has 0 aliphatic rings. The molecule has 7 nitrogen and oxygen atoms in total. The lowest BCUT2D eigenvalue weighted by atomic mass is 10.2. The van der Waals surface area contributed by atoms with Crippen molar-refractivity contribution < 1.29 is 24.3 Å². The summed E-state index contributed by atoms with van der Waals surface area (Å²) in [4.78, 5) is 21.2. The van der Waals surface area contributed by atoms with Gasteiger partial charge < -0.3 is 14.6 Å². The fraction of sp³-hybridized carbons (Fsp3) is 0.417. The van der Waals surface area contributed by atoms with Crippen LogP contribution in [0.15, 0.2) is 22.7 Å². The number of hydrogen-bond acceptors (Lipinski definition) is 5. The highest BCUT2D eigenvalue weighted by Gasteiger charge is 2.19. The molecule has 8 heteroatoms. The van der Waals surface area contributed by atoms with Crippen LogP contribution in [0.2, 0.25) is 0 Å². The number of aliphatic carboxylic acids is 1. The van der Waals surface area contributed by atoms with Gasteiger partial charge in [0, 0.05) is 23.6 Å². The fourth-order valence-electron chi connectivity index (χ4n) is 1.51. The standard InChI is InChI=1S/C12H14BrNO6/c1-2-19-11(12(15)16)5-6-20-10-4-3-8(13)7-9(10)14(17)18/h3-4,7,11H,2,5-6H2,1H3,(H,15,16). The van der Waals surface area contributed by atoms with E-state index < -0.39 is 17.0 Å². The summed E-state index contributed by atoms with van der Waals surface area (Å²) in [6.45, 7) is 1.98. The normalized spacial score (nSPS) is 11.9. The molecule has 1 rings (SSSR count). The first kappa shape index (κ1) is 16.4. The minimum atomic E-state index is -1.08. The first-order valence-electron chi connectivity index (χ1n) is 5.86. The summed E-state index contributed by atoms with van der Waals surface area (Å²) in [5.74, 6) is -0.986. The molecule has 0 heterocycles. The molecule has 0 aliphatic heterocycles. The van der Waals surface area contributed by atoms with E-state index in [2.05, 4.69) is 15.9 Å². The molecule has 1 unspecified atom stereocenters. The van der Waals surface area contributed by atoms with Crippen molar-refractivity contribution in [1.29, 1.82) is 0 Å². The maximum atomic E-state index is 10.9. The SMILES string of the molecule is CCOC(CCOc1ccc(Br)cc1[N+](=O)[O-])C(=O)O. The van der Waals surface area contributed by atoms with Crippen LogP contribution < -0.4 is 4.74 Å². The van der Waals surface area contributed by atoms with Crippen LogP contribution in [0.25, 0.3) is 0 Å². The average molecular weight is 348 g/mol. The first-order valence-corrected chi connectivity index (χ1v) is 6.66. The van der Waals surface area contributed by atoms with Gasteiger partial charge in [0.25, 0.3) is 0 Å². The molecule has 0 saturated carbocycles. The summed E-state index contributed by atoms with van der Waals surface area (Å²) in [5.41, 5.74) is -0.178. The van der Waals surface area contributed by atoms with Crippen molar-refractivity contribution in [2.45, 2.75) is 19.4 Å². The van der Waals surface area contributed by atoms with Gasteiger partial charge in [0.1, 0.15) is 0 Å². The highest BCUT2D eigenvalue weighted by Crippen LogP contribution is 2.30. The molecule has 0 aromatic heterocycles. The Kier molecular flexibility index (Phi) is 6.40. The molecule has 110 valence electrons. The Morgan fingerprint density at radius 2 is 2.25 bits per heavy atom. The van der Waals surface area contributed by atoms with Gasteiger partial charge in [-0.1, -0.05) is 15.9 Å². The van der Waals surface area contributed by atoms with Crippen molar-refractivity contribution in [1.82, 2.24) is 0 Å². The monoisotopic (exact) mass is 347 g/mol. The smallest absolute Gasteiger partial charge is 0.332 e. The predicted molar refractivity (Wildman–Crippen MR) is 74.0 cm³/mol. The molecule has 1 N–H and O–H groups in total. The maximum absolute atomic E-state index is 10.9. The second-order valence-corrected chi connectivity index (χ2v) is 4.70. The zero-order valence-corrected chi connectivity index (χ0v) is 12.3. The van der Waals surface area contributed by atoms with Crippen molar-refractivity contribution in [3.05, 3.63) is 32.8 Å². The lowest BCUT2D eigenvalue weighted by Gasteiger charge is -2.13. The molecule has 1 aromatic carbocycles. The molecular weight excluding hydrogens is 334 g/mol. The number of carboxylic acids is 1. The molecule has 1 atom stereocenters. The summed E-state index contributed by atoms with van der Waals surface area (Å²) < 4.78 is 10.9. The van der Waals surface area contributed by atoms with Gasteiger partial charge in [-0.3, -0.25) is 10.1 Å². The quantitative estimate of drug-likeness (QED) is 0.573. The minimum absolute atomic E-state index is 0.0133. The topological polar surface area (TPSA) is 98.9 Å². The van der Waals surface area contributed by atoms with Crippen LogP contribution in [0.1, 0.15) is 13.3 Å². The number of ether oxygens (including phenoxy) is 2. The zero-order valence-electron chi connectivity index (χ0n) is 10.7. The highest BCUT2D eigenvalue weighted by molar-refractivity contribution is 9.10. The van der Waals surface area contributed by atoms with E-state index in [0.29, 0.717) is 4.47 Å². The van der Waals surface area contributed by atoms with Crippen LogP contribution in [-0.4, -0.2) is 35.3 Å². The number of halogens is 1. The van der Waals surface area contributed by atoms with Crippen LogP contribution in [0.3, 0.4) is 0 Å². The Hall–Kier alpha value is -1.67. The molecular formula is C12H14BrNO6. The van der Waals surface area contributed by atoms with Crippen molar-refractivity contribution >= 4 is 27.6 Å². The van der Waals surface area contributed by atoms with E-state index in [1.165, 1.54) is 12.1 Å². The third-order valence-corrected chi connectivity index (χ3v) is 2.89. The van der Waals surface area contributed by atoms with Crippen molar-refractivity contribution in [3.63, 3.8) is 0 Å². The summed E-state index contributed by atoms with van der Waals surface area (Å²) in [7, 11) is 0. The van der Waals surface area contributed by atoms with E-state index in [9.17, 15) is 14.9 Å². The number of carbonyl (C=O) groups is 1. The predicted octanol–water partition coefficient (Wildman–Crippen LogP) is 2.62. The Labute approximate surface area is 123 Å². The number of hydrogen-bond donors (Lipinski definition) is 1. The summed E-state index contributed by atoms with van der Waals surface area (Å²) in [6, 6.07) is 4.39.